The lowest BCUT2D eigenvalue weighted by molar-refractivity contribution is 0.261. The van der Waals surface area contributed by atoms with Gasteiger partial charge in [-0.25, -0.2) is 0 Å². The Morgan fingerprint density at radius 2 is 1.74 bits per heavy atom. The second kappa shape index (κ2) is 7.13. The van der Waals surface area contributed by atoms with Crippen LogP contribution in [0.15, 0.2) is 53.1 Å². The largest absolute Gasteiger partial charge is 0.338 e. The van der Waals surface area contributed by atoms with Gasteiger partial charge in [-0.1, -0.05) is 52.6 Å². The molecular weight excluding hydrogens is 333 g/mol. The Labute approximate surface area is 144 Å². The molecule has 0 unspecified atom stereocenters. The molecule has 4 nitrogen and oxygen atoms in total. The van der Waals surface area contributed by atoms with Crippen molar-refractivity contribution in [3.05, 3.63) is 70.0 Å². The van der Waals surface area contributed by atoms with Gasteiger partial charge in [0, 0.05) is 22.2 Å². The third-order valence-electron chi connectivity index (χ3n) is 3.30. The molecule has 2 aromatic carbocycles. The van der Waals surface area contributed by atoms with E-state index in [1.54, 1.807) is 0 Å². The minimum absolute atomic E-state index is 0.540. The average Bonchev–Trinajstić information content (AvgIpc) is 2.95. The van der Waals surface area contributed by atoms with E-state index in [4.69, 9.17) is 27.7 Å². The smallest absolute Gasteiger partial charge is 0.241 e. The normalized spacial score (nSPS) is 11.1. The molecule has 0 aliphatic heterocycles. The van der Waals surface area contributed by atoms with Gasteiger partial charge in [0.25, 0.3) is 0 Å². The molecule has 118 valence electrons. The van der Waals surface area contributed by atoms with E-state index >= 15 is 0 Å². The van der Waals surface area contributed by atoms with Gasteiger partial charge in [-0.15, -0.1) is 0 Å². The van der Waals surface area contributed by atoms with Gasteiger partial charge in [-0.05, 0) is 36.9 Å². The third-order valence-corrected chi connectivity index (χ3v) is 3.77. The quantitative estimate of drug-likeness (QED) is 0.672. The Morgan fingerprint density at radius 1 is 1.00 bits per heavy atom. The number of rotatable bonds is 5. The Balaban J connectivity index is 1.66. The van der Waals surface area contributed by atoms with E-state index < -0.39 is 0 Å². The van der Waals surface area contributed by atoms with Gasteiger partial charge in [0.15, 0.2) is 0 Å². The van der Waals surface area contributed by atoms with Crippen molar-refractivity contribution < 1.29 is 4.52 Å². The van der Waals surface area contributed by atoms with Gasteiger partial charge < -0.3 is 4.52 Å². The minimum atomic E-state index is 0.540. The van der Waals surface area contributed by atoms with Crippen LogP contribution in [0.3, 0.4) is 0 Å². The molecule has 0 radical (unpaired) electrons. The summed E-state index contributed by atoms with van der Waals surface area (Å²) in [6.45, 7) is 1.30. The van der Waals surface area contributed by atoms with Crippen molar-refractivity contribution in [1.29, 1.82) is 0 Å². The maximum Gasteiger partial charge on any atom is 0.241 e. The standard InChI is InChI=1S/C17H15Cl2N3O/c1-22(10-12-4-2-6-14(18)8-12)11-16-20-17(21-23-16)13-5-3-7-15(19)9-13/h2-9H,10-11H2,1H3. The van der Waals surface area contributed by atoms with Crippen LogP contribution in [0.5, 0.6) is 0 Å². The zero-order valence-corrected chi connectivity index (χ0v) is 14.1. The average molecular weight is 348 g/mol. The highest BCUT2D eigenvalue weighted by molar-refractivity contribution is 6.31. The van der Waals surface area contributed by atoms with Crippen molar-refractivity contribution in [1.82, 2.24) is 15.0 Å². The van der Waals surface area contributed by atoms with Crippen LogP contribution in [0.2, 0.25) is 10.0 Å². The van der Waals surface area contributed by atoms with E-state index in [0.717, 1.165) is 22.7 Å². The van der Waals surface area contributed by atoms with E-state index in [1.807, 2.05) is 55.6 Å². The molecule has 6 heteroatoms. The summed E-state index contributed by atoms with van der Waals surface area (Å²) in [5.41, 5.74) is 1.97. The molecule has 0 aliphatic rings. The molecule has 0 spiro atoms. The third kappa shape index (κ3) is 4.32. The summed E-state index contributed by atoms with van der Waals surface area (Å²) in [6.07, 6.45) is 0. The van der Waals surface area contributed by atoms with Gasteiger partial charge in [0.05, 0.1) is 6.54 Å². The van der Waals surface area contributed by atoms with E-state index in [1.165, 1.54) is 0 Å². The van der Waals surface area contributed by atoms with Crippen LogP contribution in [-0.2, 0) is 13.1 Å². The minimum Gasteiger partial charge on any atom is -0.338 e. The van der Waals surface area contributed by atoms with Crippen molar-refractivity contribution in [2.45, 2.75) is 13.1 Å². The maximum absolute atomic E-state index is 6.00. The number of hydrogen-bond acceptors (Lipinski definition) is 4. The first-order chi connectivity index (χ1) is 11.1. The van der Waals surface area contributed by atoms with Gasteiger partial charge in [0.1, 0.15) is 0 Å². The van der Waals surface area contributed by atoms with Crippen LogP contribution in [-0.4, -0.2) is 22.1 Å². The highest BCUT2D eigenvalue weighted by Crippen LogP contribution is 2.20. The first-order valence-electron chi connectivity index (χ1n) is 7.11. The predicted molar refractivity (Wildman–Crippen MR) is 91.4 cm³/mol. The highest BCUT2D eigenvalue weighted by atomic mass is 35.5. The summed E-state index contributed by atoms with van der Waals surface area (Å²) in [5.74, 6) is 1.10. The molecule has 0 amide bonds. The van der Waals surface area contributed by atoms with Crippen LogP contribution in [0, 0.1) is 0 Å². The van der Waals surface area contributed by atoms with Crippen LogP contribution in [0.4, 0.5) is 0 Å². The second-order valence-corrected chi connectivity index (χ2v) is 6.20. The van der Waals surface area contributed by atoms with Crippen molar-refractivity contribution in [2.24, 2.45) is 0 Å². The summed E-state index contributed by atoms with van der Waals surface area (Å²) in [6, 6.07) is 15.2. The lowest BCUT2D eigenvalue weighted by Gasteiger charge is -2.14. The Kier molecular flexibility index (Phi) is 4.96. The van der Waals surface area contributed by atoms with Crippen LogP contribution in [0.25, 0.3) is 11.4 Å². The van der Waals surface area contributed by atoms with Gasteiger partial charge >= 0.3 is 0 Å². The van der Waals surface area contributed by atoms with E-state index in [9.17, 15) is 0 Å². The zero-order chi connectivity index (χ0) is 16.2. The lowest BCUT2D eigenvalue weighted by Crippen LogP contribution is -2.17. The second-order valence-electron chi connectivity index (χ2n) is 5.32. The van der Waals surface area contributed by atoms with E-state index in [-0.39, 0.29) is 0 Å². The van der Waals surface area contributed by atoms with Crippen molar-refractivity contribution >= 4 is 23.2 Å². The first kappa shape index (κ1) is 16.0. The fourth-order valence-electron chi connectivity index (χ4n) is 2.30. The molecule has 3 rings (SSSR count). The summed E-state index contributed by atoms with van der Waals surface area (Å²) in [4.78, 5) is 6.50. The number of benzene rings is 2. The van der Waals surface area contributed by atoms with Crippen molar-refractivity contribution in [2.75, 3.05) is 7.05 Å². The topological polar surface area (TPSA) is 42.2 Å². The predicted octanol–water partition coefficient (Wildman–Crippen LogP) is 4.68. The Hall–Kier alpha value is -1.88. The van der Waals surface area contributed by atoms with Crippen LogP contribution < -0.4 is 0 Å². The molecule has 0 aliphatic carbocycles. The van der Waals surface area contributed by atoms with Crippen LogP contribution >= 0.6 is 23.2 Å². The fraction of sp³-hybridized carbons (Fsp3) is 0.176. The van der Waals surface area contributed by atoms with Gasteiger partial charge in [-0.2, -0.15) is 4.98 Å². The summed E-state index contributed by atoms with van der Waals surface area (Å²) in [5, 5.41) is 5.39. The van der Waals surface area contributed by atoms with Crippen LogP contribution in [0.1, 0.15) is 11.5 Å². The Bertz CT molecular complexity index is 804. The lowest BCUT2D eigenvalue weighted by atomic mass is 10.2. The van der Waals surface area contributed by atoms with E-state index in [0.29, 0.717) is 23.3 Å². The number of aromatic nitrogens is 2. The summed E-state index contributed by atoms with van der Waals surface area (Å²) in [7, 11) is 1.99. The maximum atomic E-state index is 6.00. The summed E-state index contributed by atoms with van der Waals surface area (Å²) >= 11 is 12.0. The number of hydrogen-bond donors (Lipinski definition) is 0. The van der Waals surface area contributed by atoms with E-state index in [2.05, 4.69) is 15.0 Å². The molecule has 0 fully saturated rings. The fourth-order valence-corrected chi connectivity index (χ4v) is 2.70. The first-order valence-corrected chi connectivity index (χ1v) is 7.87. The molecule has 23 heavy (non-hydrogen) atoms. The molecule has 0 atom stereocenters. The molecule has 0 bridgehead atoms. The molecule has 0 saturated heterocycles. The zero-order valence-electron chi connectivity index (χ0n) is 12.5. The monoisotopic (exact) mass is 347 g/mol. The van der Waals surface area contributed by atoms with Crippen molar-refractivity contribution in [3.8, 4) is 11.4 Å². The van der Waals surface area contributed by atoms with Gasteiger partial charge in [0.2, 0.25) is 11.7 Å². The molecule has 1 heterocycles. The number of nitrogens with zero attached hydrogens (tertiary/aromatic N) is 3. The molecule has 1 aromatic heterocycles. The van der Waals surface area contributed by atoms with Gasteiger partial charge in [-0.3, -0.25) is 4.90 Å². The molecule has 0 saturated carbocycles. The molecule has 3 aromatic rings. The SMILES string of the molecule is CN(Cc1cccc(Cl)c1)Cc1nc(-c2cccc(Cl)c2)no1. The Morgan fingerprint density at radius 3 is 2.48 bits per heavy atom. The highest BCUT2D eigenvalue weighted by Gasteiger charge is 2.11. The number of halogens is 2. The van der Waals surface area contributed by atoms with Crippen molar-refractivity contribution in [3.63, 3.8) is 0 Å². The molecular formula is C17H15Cl2N3O. The summed E-state index contributed by atoms with van der Waals surface area (Å²) < 4.78 is 5.32. The molecule has 0 N–H and O–H groups in total.